The lowest BCUT2D eigenvalue weighted by molar-refractivity contribution is 0.0946. The summed E-state index contributed by atoms with van der Waals surface area (Å²) in [5.41, 5.74) is 1.30. The quantitative estimate of drug-likeness (QED) is 0.418. The van der Waals surface area contributed by atoms with Gasteiger partial charge < -0.3 is 14.9 Å². The maximum atomic E-state index is 12.2. The molecule has 0 spiro atoms. The Kier molecular flexibility index (Phi) is 5.96. The van der Waals surface area contributed by atoms with E-state index in [1.807, 2.05) is 30.3 Å². The molecule has 0 radical (unpaired) electrons. The summed E-state index contributed by atoms with van der Waals surface area (Å²) < 4.78 is 27.1. The zero-order chi connectivity index (χ0) is 19.2. The van der Waals surface area contributed by atoms with Crippen molar-refractivity contribution in [2.24, 2.45) is 0 Å². The number of carbonyl (C=O) groups is 1. The van der Waals surface area contributed by atoms with Crippen LogP contribution in [-0.4, -0.2) is 48.2 Å². The molecule has 3 aromatic rings. The van der Waals surface area contributed by atoms with Gasteiger partial charge in [-0.2, -0.15) is 5.10 Å². The highest BCUT2D eigenvalue weighted by Crippen LogP contribution is 2.19. The summed E-state index contributed by atoms with van der Waals surface area (Å²) in [7, 11) is 0. The van der Waals surface area contributed by atoms with Crippen molar-refractivity contribution in [3.8, 4) is 11.3 Å². The number of benzene rings is 1. The molecule has 4 N–H and O–H groups in total. The average Bonchev–Trinajstić information content (AvgIpc) is 3.35. The fourth-order valence-corrected chi connectivity index (χ4v) is 2.81. The maximum absolute atomic E-state index is 12.2. The normalized spacial score (nSPS) is 11.9. The first-order valence-corrected chi connectivity index (χ1v) is 8.99. The maximum Gasteiger partial charge on any atom is 0.273 e. The number of hydrogen-bond acceptors (Lipinski definition) is 6. The molecule has 1 atom stereocenters. The number of H-pyrrole nitrogens is 1. The van der Waals surface area contributed by atoms with Gasteiger partial charge in [0, 0.05) is 24.2 Å². The molecule has 11 heteroatoms. The van der Waals surface area contributed by atoms with Crippen molar-refractivity contribution < 1.29 is 23.2 Å². The topological polar surface area (TPSA) is 145 Å². The van der Waals surface area contributed by atoms with Gasteiger partial charge in [-0.15, -0.1) is 0 Å². The minimum absolute atomic E-state index is 0.0218. The van der Waals surface area contributed by atoms with Crippen molar-refractivity contribution in [3.63, 3.8) is 0 Å². The van der Waals surface area contributed by atoms with Gasteiger partial charge in [0.2, 0.25) is 0 Å². The highest BCUT2D eigenvalue weighted by Gasteiger charge is 2.17. The van der Waals surface area contributed by atoms with Gasteiger partial charge >= 0.3 is 0 Å². The van der Waals surface area contributed by atoms with Gasteiger partial charge in [-0.3, -0.25) is 14.4 Å². The smallest absolute Gasteiger partial charge is 0.273 e. The van der Waals surface area contributed by atoms with E-state index in [4.69, 9.17) is 9.63 Å². The Morgan fingerprint density at radius 3 is 2.74 bits per heavy atom. The molecule has 0 bridgehead atoms. The van der Waals surface area contributed by atoms with Crippen molar-refractivity contribution in [2.75, 3.05) is 17.4 Å². The highest BCUT2D eigenvalue weighted by atomic mass is 32.2. The fraction of sp³-hybridized carbons (Fsp3) is 0.188. The van der Waals surface area contributed by atoms with E-state index in [1.165, 1.54) is 12.1 Å². The number of anilines is 1. The fourth-order valence-electron chi connectivity index (χ4n) is 2.31. The molecular weight excluding hydrogens is 374 g/mol. The second-order valence-electron chi connectivity index (χ2n) is 5.44. The van der Waals surface area contributed by atoms with Crippen LogP contribution in [0, 0.1) is 0 Å². The molecule has 1 unspecified atom stereocenters. The number of carbonyl (C=O) groups excluding carboxylic acids is 1. The number of aliphatic hydroxyl groups excluding tert-OH is 1. The van der Waals surface area contributed by atoms with Crippen molar-refractivity contribution in [3.05, 3.63) is 53.9 Å². The van der Waals surface area contributed by atoms with Crippen LogP contribution in [-0.2, 0) is 17.9 Å². The van der Waals surface area contributed by atoms with E-state index >= 15 is 0 Å². The van der Waals surface area contributed by atoms with Crippen LogP contribution in [0.3, 0.4) is 0 Å². The molecule has 27 heavy (non-hydrogen) atoms. The van der Waals surface area contributed by atoms with Crippen LogP contribution in [0.5, 0.6) is 0 Å². The van der Waals surface area contributed by atoms with Gasteiger partial charge in [0.1, 0.15) is 0 Å². The van der Waals surface area contributed by atoms with Crippen molar-refractivity contribution in [1.82, 2.24) is 20.7 Å². The summed E-state index contributed by atoms with van der Waals surface area (Å²) >= 11 is -2.34. The average molecular weight is 391 g/mol. The van der Waals surface area contributed by atoms with Crippen molar-refractivity contribution in [2.45, 2.75) is 6.61 Å². The Labute approximate surface area is 156 Å². The molecule has 1 aromatic carbocycles. The van der Waals surface area contributed by atoms with Crippen LogP contribution >= 0.6 is 0 Å². The predicted molar refractivity (Wildman–Crippen MR) is 96.9 cm³/mol. The molecule has 0 aliphatic carbocycles. The zero-order valence-electron chi connectivity index (χ0n) is 14.0. The Bertz CT molecular complexity index is 926. The summed E-state index contributed by atoms with van der Waals surface area (Å²) in [5, 5.41) is 21.8. The molecule has 3 rings (SSSR count). The van der Waals surface area contributed by atoms with Crippen LogP contribution in [0.1, 0.15) is 16.2 Å². The summed E-state index contributed by atoms with van der Waals surface area (Å²) in [6.45, 7) is -0.181. The summed E-state index contributed by atoms with van der Waals surface area (Å²) in [6, 6.07) is 12.2. The van der Waals surface area contributed by atoms with E-state index in [0.717, 1.165) is 9.87 Å². The third-order valence-electron chi connectivity index (χ3n) is 3.63. The highest BCUT2D eigenvalue weighted by molar-refractivity contribution is 7.80. The van der Waals surface area contributed by atoms with E-state index in [-0.39, 0.29) is 31.2 Å². The van der Waals surface area contributed by atoms with E-state index in [9.17, 15) is 13.6 Å². The zero-order valence-corrected chi connectivity index (χ0v) is 14.8. The monoisotopic (exact) mass is 391 g/mol. The summed E-state index contributed by atoms with van der Waals surface area (Å²) in [4.78, 5) is 12.2. The van der Waals surface area contributed by atoms with Gasteiger partial charge in [-0.1, -0.05) is 35.5 Å². The Balaban J connectivity index is 1.58. The van der Waals surface area contributed by atoms with Crippen LogP contribution in [0.4, 0.5) is 5.82 Å². The molecule has 0 saturated carbocycles. The van der Waals surface area contributed by atoms with Gasteiger partial charge in [0.05, 0.1) is 18.8 Å². The summed E-state index contributed by atoms with van der Waals surface area (Å²) in [5.74, 6) is 0.177. The third kappa shape index (κ3) is 4.58. The molecule has 0 fully saturated rings. The lowest BCUT2D eigenvalue weighted by Crippen LogP contribution is -2.36. The van der Waals surface area contributed by atoms with E-state index in [2.05, 4.69) is 20.7 Å². The Hall–Kier alpha value is -3.02. The number of nitrogens with zero attached hydrogens (tertiary/aromatic N) is 3. The number of nitrogens with one attached hydrogen (secondary N) is 2. The van der Waals surface area contributed by atoms with Crippen LogP contribution < -0.4 is 9.62 Å². The van der Waals surface area contributed by atoms with Crippen molar-refractivity contribution in [1.29, 1.82) is 0 Å². The van der Waals surface area contributed by atoms with Crippen LogP contribution in [0.25, 0.3) is 11.3 Å². The second-order valence-corrected chi connectivity index (χ2v) is 6.34. The van der Waals surface area contributed by atoms with Gasteiger partial charge in [-0.05, 0) is 0 Å². The van der Waals surface area contributed by atoms with Crippen molar-refractivity contribution >= 4 is 23.0 Å². The number of aromatic amines is 1. The number of hydrogen-bond donors (Lipinski definition) is 4. The van der Waals surface area contributed by atoms with E-state index < -0.39 is 17.2 Å². The molecule has 0 aliphatic rings. The van der Waals surface area contributed by atoms with Gasteiger partial charge in [-0.25, -0.2) is 8.51 Å². The Morgan fingerprint density at radius 2 is 2.07 bits per heavy atom. The molecule has 10 nitrogen and oxygen atoms in total. The SMILES string of the molecule is O=C(NCCN(c1cc(CO)[nH]n1)S(=O)O)c1cc(-c2ccccc2)on1. The first-order valence-electron chi connectivity index (χ1n) is 7.92. The largest absolute Gasteiger partial charge is 0.390 e. The number of rotatable bonds is 8. The standard InChI is InChI=1S/C16H17N5O5S/c22-10-12-8-15(19-18-12)21(27(24)25)7-6-17-16(23)13-9-14(26-20-13)11-4-2-1-3-5-11/h1-5,8-9,22H,6-7,10H2,(H,17,23)(H,18,19)(H,24,25). The molecule has 0 saturated heterocycles. The lowest BCUT2D eigenvalue weighted by Gasteiger charge is -2.16. The molecule has 0 aliphatic heterocycles. The first kappa shape index (κ1) is 18.8. The number of aliphatic hydroxyl groups is 1. The first-order chi connectivity index (χ1) is 13.1. The molecule has 1 amide bonds. The summed E-state index contributed by atoms with van der Waals surface area (Å²) in [6.07, 6.45) is 0. The van der Waals surface area contributed by atoms with Gasteiger partial charge in [0.15, 0.2) is 17.3 Å². The molecule has 2 heterocycles. The van der Waals surface area contributed by atoms with Crippen LogP contribution in [0.15, 0.2) is 47.0 Å². The van der Waals surface area contributed by atoms with E-state index in [0.29, 0.717) is 11.5 Å². The molecular formula is C16H17N5O5S. The number of aromatic nitrogens is 3. The van der Waals surface area contributed by atoms with E-state index in [1.54, 1.807) is 0 Å². The third-order valence-corrected chi connectivity index (χ3v) is 4.38. The lowest BCUT2D eigenvalue weighted by atomic mass is 10.1. The number of amides is 1. The molecule has 142 valence electrons. The van der Waals surface area contributed by atoms with Gasteiger partial charge in [0.25, 0.3) is 17.2 Å². The second kappa shape index (κ2) is 8.58. The predicted octanol–water partition coefficient (Wildman–Crippen LogP) is 0.930. The Morgan fingerprint density at radius 1 is 1.30 bits per heavy atom. The molecule has 2 aromatic heterocycles. The van der Waals surface area contributed by atoms with Crippen LogP contribution in [0.2, 0.25) is 0 Å². The minimum Gasteiger partial charge on any atom is -0.390 e. The minimum atomic E-state index is -2.34.